The molecule has 0 saturated heterocycles. The Morgan fingerprint density at radius 1 is 1.47 bits per heavy atom. The Balaban J connectivity index is 2.25. The maximum absolute atomic E-state index is 13.3. The number of aromatic amines is 1. The van der Waals surface area contributed by atoms with Gasteiger partial charge in [-0.15, -0.1) is 0 Å². The second-order valence-electron chi connectivity index (χ2n) is 4.06. The molecule has 1 aromatic heterocycles. The standard InChI is InChI=1S/C11H13FN4O2S/c1-7(8-5-14-15-6-8)16-19(17,18)9-2-3-11(13)10(12)4-9/h2-7,16H,13H2,1H3,(H,14,15). The van der Waals surface area contributed by atoms with Crippen LogP contribution in [0.25, 0.3) is 0 Å². The quantitative estimate of drug-likeness (QED) is 0.733. The average Bonchev–Trinajstić information content (AvgIpc) is 2.85. The van der Waals surface area contributed by atoms with Gasteiger partial charge in [-0.05, 0) is 25.1 Å². The molecule has 4 N–H and O–H groups in total. The first-order valence-corrected chi connectivity index (χ1v) is 6.94. The summed E-state index contributed by atoms with van der Waals surface area (Å²) in [6, 6.07) is 2.87. The SMILES string of the molecule is CC(NS(=O)(=O)c1ccc(N)c(F)c1)c1cn[nH]c1. The second kappa shape index (κ2) is 4.98. The number of nitrogens with two attached hydrogens (primary N) is 1. The molecular weight excluding hydrogens is 271 g/mol. The van der Waals surface area contributed by atoms with Crippen LogP contribution in [0.1, 0.15) is 18.5 Å². The molecule has 8 heteroatoms. The summed E-state index contributed by atoms with van der Waals surface area (Å²) in [6.07, 6.45) is 3.09. The zero-order chi connectivity index (χ0) is 14.0. The smallest absolute Gasteiger partial charge is 0.241 e. The molecule has 1 atom stereocenters. The molecule has 0 saturated carbocycles. The maximum atomic E-state index is 13.3. The first kappa shape index (κ1) is 13.5. The van der Waals surface area contributed by atoms with Crippen molar-refractivity contribution >= 4 is 15.7 Å². The number of halogens is 1. The summed E-state index contributed by atoms with van der Waals surface area (Å²) in [4.78, 5) is -0.172. The Morgan fingerprint density at radius 3 is 2.79 bits per heavy atom. The summed E-state index contributed by atoms with van der Waals surface area (Å²) in [5.41, 5.74) is 5.89. The number of nitrogens with zero attached hydrogens (tertiary/aromatic N) is 1. The lowest BCUT2D eigenvalue weighted by molar-refractivity contribution is 0.564. The summed E-state index contributed by atoms with van der Waals surface area (Å²) in [6.45, 7) is 1.66. The van der Waals surface area contributed by atoms with Crippen molar-refractivity contribution in [1.82, 2.24) is 14.9 Å². The minimum atomic E-state index is -3.81. The largest absolute Gasteiger partial charge is 0.396 e. The highest BCUT2D eigenvalue weighted by Crippen LogP contribution is 2.19. The minimum Gasteiger partial charge on any atom is -0.396 e. The molecule has 102 valence electrons. The molecule has 0 fully saturated rings. The van der Waals surface area contributed by atoms with Crippen LogP contribution in [0.2, 0.25) is 0 Å². The summed E-state index contributed by atoms with van der Waals surface area (Å²) in [5, 5.41) is 6.33. The number of hydrogen-bond donors (Lipinski definition) is 3. The molecule has 2 aromatic rings. The number of nitrogens with one attached hydrogen (secondary N) is 2. The Bertz CT molecular complexity index is 670. The van der Waals surface area contributed by atoms with E-state index in [1.165, 1.54) is 18.3 Å². The fourth-order valence-corrected chi connectivity index (χ4v) is 2.78. The predicted octanol–water partition coefficient (Wildman–Crippen LogP) is 1.17. The Hall–Kier alpha value is -1.93. The van der Waals surface area contributed by atoms with Crippen LogP contribution < -0.4 is 10.5 Å². The van der Waals surface area contributed by atoms with E-state index in [4.69, 9.17) is 5.73 Å². The lowest BCUT2D eigenvalue weighted by Gasteiger charge is -2.12. The van der Waals surface area contributed by atoms with E-state index in [9.17, 15) is 12.8 Å². The summed E-state index contributed by atoms with van der Waals surface area (Å²) in [7, 11) is -3.81. The maximum Gasteiger partial charge on any atom is 0.241 e. The topological polar surface area (TPSA) is 101 Å². The van der Waals surface area contributed by atoms with Crippen LogP contribution in [0, 0.1) is 5.82 Å². The number of rotatable bonds is 4. The van der Waals surface area contributed by atoms with E-state index in [1.54, 1.807) is 13.1 Å². The van der Waals surface area contributed by atoms with E-state index in [-0.39, 0.29) is 10.6 Å². The van der Waals surface area contributed by atoms with Crippen LogP contribution in [-0.2, 0) is 10.0 Å². The molecule has 0 aliphatic heterocycles. The van der Waals surface area contributed by atoms with Crippen LogP contribution in [0.4, 0.5) is 10.1 Å². The fourth-order valence-electron chi connectivity index (χ4n) is 1.54. The molecule has 0 aliphatic rings. The fraction of sp³-hybridized carbons (Fsp3) is 0.182. The zero-order valence-electron chi connectivity index (χ0n) is 10.1. The zero-order valence-corrected chi connectivity index (χ0v) is 10.9. The number of H-pyrrole nitrogens is 1. The first-order valence-electron chi connectivity index (χ1n) is 5.46. The van der Waals surface area contributed by atoms with Gasteiger partial charge in [-0.3, -0.25) is 5.10 Å². The van der Waals surface area contributed by atoms with Gasteiger partial charge in [-0.1, -0.05) is 0 Å². The van der Waals surface area contributed by atoms with Crippen LogP contribution in [-0.4, -0.2) is 18.6 Å². The normalized spacial score (nSPS) is 13.4. The van der Waals surface area contributed by atoms with Gasteiger partial charge in [0.1, 0.15) is 5.82 Å². The van der Waals surface area contributed by atoms with Gasteiger partial charge in [0.25, 0.3) is 0 Å². The molecule has 0 bridgehead atoms. The van der Waals surface area contributed by atoms with E-state index < -0.39 is 21.9 Å². The molecule has 2 rings (SSSR count). The van der Waals surface area contributed by atoms with Gasteiger partial charge in [-0.25, -0.2) is 17.5 Å². The molecule has 0 aliphatic carbocycles. The van der Waals surface area contributed by atoms with Gasteiger partial charge in [0.15, 0.2) is 0 Å². The molecular formula is C11H13FN4O2S. The Morgan fingerprint density at radius 2 is 2.21 bits per heavy atom. The van der Waals surface area contributed by atoms with E-state index in [0.29, 0.717) is 5.56 Å². The van der Waals surface area contributed by atoms with Gasteiger partial charge < -0.3 is 5.73 Å². The number of nitrogen functional groups attached to an aromatic ring is 1. The second-order valence-corrected chi connectivity index (χ2v) is 5.77. The summed E-state index contributed by atoms with van der Waals surface area (Å²) < 4.78 is 39.8. The van der Waals surface area contributed by atoms with Crippen molar-refractivity contribution in [2.45, 2.75) is 17.9 Å². The van der Waals surface area contributed by atoms with Crippen LogP contribution in [0.5, 0.6) is 0 Å². The highest BCUT2D eigenvalue weighted by molar-refractivity contribution is 7.89. The van der Waals surface area contributed by atoms with Crippen molar-refractivity contribution in [3.63, 3.8) is 0 Å². The van der Waals surface area contributed by atoms with Gasteiger partial charge in [0, 0.05) is 17.8 Å². The highest BCUT2D eigenvalue weighted by Gasteiger charge is 2.19. The number of anilines is 1. The van der Waals surface area contributed by atoms with Gasteiger partial charge in [-0.2, -0.15) is 5.10 Å². The molecule has 6 nitrogen and oxygen atoms in total. The molecule has 1 unspecified atom stereocenters. The summed E-state index contributed by atoms with van der Waals surface area (Å²) in [5.74, 6) is -0.765. The third-order valence-electron chi connectivity index (χ3n) is 2.63. The lowest BCUT2D eigenvalue weighted by atomic mass is 10.2. The van der Waals surface area contributed by atoms with E-state index in [0.717, 1.165) is 6.07 Å². The first-order chi connectivity index (χ1) is 8.90. The van der Waals surface area contributed by atoms with E-state index in [2.05, 4.69) is 14.9 Å². The molecule has 19 heavy (non-hydrogen) atoms. The number of hydrogen-bond acceptors (Lipinski definition) is 4. The van der Waals surface area contributed by atoms with Crippen molar-refractivity contribution in [2.24, 2.45) is 0 Å². The van der Waals surface area contributed by atoms with Gasteiger partial charge >= 0.3 is 0 Å². The monoisotopic (exact) mass is 284 g/mol. The average molecular weight is 284 g/mol. The molecule has 0 spiro atoms. The van der Waals surface area contributed by atoms with Crippen LogP contribution in [0.3, 0.4) is 0 Å². The minimum absolute atomic E-state index is 0.0955. The van der Waals surface area contributed by atoms with Crippen LogP contribution >= 0.6 is 0 Å². The van der Waals surface area contributed by atoms with Crippen molar-refractivity contribution in [3.8, 4) is 0 Å². The number of sulfonamides is 1. The van der Waals surface area contributed by atoms with Crippen molar-refractivity contribution in [3.05, 3.63) is 42.0 Å². The van der Waals surface area contributed by atoms with E-state index >= 15 is 0 Å². The highest BCUT2D eigenvalue weighted by atomic mass is 32.2. The van der Waals surface area contributed by atoms with Gasteiger partial charge in [0.2, 0.25) is 10.0 Å². The number of aromatic nitrogens is 2. The molecule has 1 aromatic carbocycles. The lowest BCUT2D eigenvalue weighted by Crippen LogP contribution is -2.26. The molecule has 1 heterocycles. The molecule has 0 radical (unpaired) electrons. The van der Waals surface area contributed by atoms with Crippen molar-refractivity contribution in [2.75, 3.05) is 5.73 Å². The van der Waals surface area contributed by atoms with Crippen molar-refractivity contribution < 1.29 is 12.8 Å². The molecule has 0 amide bonds. The Kier molecular flexibility index (Phi) is 3.54. The van der Waals surface area contributed by atoms with Gasteiger partial charge in [0.05, 0.1) is 16.8 Å². The third kappa shape index (κ3) is 2.91. The summed E-state index contributed by atoms with van der Waals surface area (Å²) >= 11 is 0. The van der Waals surface area contributed by atoms with Crippen molar-refractivity contribution in [1.29, 1.82) is 0 Å². The Labute approximate surface area is 109 Å². The number of benzene rings is 1. The predicted molar refractivity (Wildman–Crippen MR) is 68.1 cm³/mol. The van der Waals surface area contributed by atoms with Crippen LogP contribution in [0.15, 0.2) is 35.5 Å². The third-order valence-corrected chi connectivity index (χ3v) is 4.17. The van der Waals surface area contributed by atoms with E-state index in [1.807, 2.05) is 0 Å².